The van der Waals surface area contributed by atoms with Crippen molar-refractivity contribution in [2.24, 2.45) is 10.8 Å². The van der Waals surface area contributed by atoms with Crippen LogP contribution in [0, 0.1) is 10.8 Å². The Labute approximate surface area is 181 Å². The third-order valence-electron chi connectivity index (χ3n) is 5.89. The predicted molar refractivity (Wildman–Crippen MR) is 114 cm³/mol. The van der Waals surface area contributed by atoms with E-state index in [4.69, 9.17) is 14.2 Å². The number of nitrogens with zero attached hydrogens (tertiary/aromatic N) is 1. The Hall–Kier alpha value is -1.67. The molecule has 174 valence electrons. The van der Waals surface area contributed by atoms with Crippen LogP contribution in [0.2, 0.25) is 0 Å². The van der Waals surface area contributed by atoms with Gasteiger partial charge in [0, 0.05) is 32.2 Å². The molecule has 1 N–H and O–H groups in total. The smallest absolute Gasteiger partial charge is 0.306 e. The Bertz CT molecular complexity index is 560. The minimum atomic E-state index is -0.250. The summed E-state index contributed by atoms with van der Waals surface area (Å²) in [6.45, 7) is 9.29. The molecule has 8 nitrogen and oxygen atoms in total. The largest absolute Gasteiger partial charge is 0.469 e. The minimum Gasteiger partial charge on any atom is -0.469 e. The molecule has 0 heterocycles. The second-order valence-corrected chi connectivity index (χ2v) is 9.40. The van der Waals surface area contributed by atoms with E-state index in [0.29, 0.717) is 38.9 Å². The summed E-state index contributed by atoms with van der Waals surface area (Å²) in [5.41, 5.74) is 0.161. The summed E-state index contributed by atoms with van der Waals surface area (Å²) >= 11 is 0. The highest BCUT2D eigenvalue weighted by Crippen LogP contribution is 2.47. The third-order valence-corrected chi connectivity index (χ3v) is 5.89. The summed E-state index contributed by atoms with van der Waals surface area (Å²) < 4.78 is 14.3. The molecule has 2 unspecified atom stereocenters. The Morgan fingerprint density at radius 2 is 1.37 bits per heavy atom. The summed E-state index contributed by atoms with van der Waals surface area (Å²) in [5.74, 6) is -0.716. The zero-order valence-electron chi connectivity index (χ0n) is 19.5. The molecule has 0 bridgehead atoms. The highest BCUT2D eigenvalue weighted by molar-refractivity contribution is 5.70. The van der Waals surface area contributed by atoms with Crippen molar-refractivity contribution in [1.29, 1.82) is 0 Å². The molecule has 8 heteroatoms. The molecule has 1 fully saturated rings. The number of ether oxygens (including phenoxy) is 3. The van der Waals surface area contributed by atoms with E-state index >= 15 is 0 Å². The molecule has 2 atom stereocenters. The molecule has 0 aromatic heterocycles. The van der Waals surface area contributed by atoms with E-state index in [-0.39, 0.29) is 34.8 Å². The maximum absolute atomic E-state index is 11.7. The van der Waals surface area contributed by atoms with Gasteiger partial charge in [-0.2, -0.15) is 0 Å². The number of nitrogens with one attached hydrogen (secondary N) is 1. The number of hydrogen-bond donors (Lipinski definition) is 1. The van der Waals surface area contributed by atoms with Crippen molar-refractivity contribution in [3.8, 4) is 0 Å². The molecular formula is C22H40N2O6. The number of carbonyl (C=O) groups excluding carboxylic acids is 3. The molecular weight excluding hydrogens is 388 g/mol. The molecule has 0 radical (unpaired) electrons. The summed E-state index contributed by atoms with van der Waals surface area (Å²) in [4.78, 5) is 37.0. The standard InChI is InChI=1S/C22H40N2O6/c1-21(2)13-17(14-22(3,15-21)16-23-10-7-18(25)28-4)24(11-8-19(26)29-5)12-9-20(27)30-6/h17,23H,7-16H2,1-6H3. The van der Waals surface area contributed by atoms with Crippen molar-refractivity contribution >= 4 is 17.9 Å². The van der Waals surface area contributed by atoms with Gasteiger partial charge in [0.05, 0.1) is 40.6 Å². The molecule has 1 aliphatic rings. The summed E-state index contributed by atoms with van der Waals surface area (Å²) in [6.07, 6.45) is 3.94. The Balaban J connectivity index is 2.83. The zero-order chi connectivity index (χ0) is 22.8. The van der Waals surface area contributed by atoms with Crippen LogP contribution >= 0.6 is 0 Å². The van der Waals surface area contributed by atoms with Crippen LogP contribution in [-0.2, 0) is 28.6 Å². The lowest BCUT2D eigenvalue weighted by molar-refractivity contribution is -0.142. The third kappa shape index (κ3) is 9.43. The van der Waals surface area contributed by atoms with Crippen molar-refractivity contribution in [2.45, 2.75) is 65.3 Å². The van der Waals surface area contributed by atoms with Crippen molar-refractivity contribution in [1.82, 2.24) is 10.2 Å². The highest BCUT2D eigenvalue weighted by Gasteiger charge is 2.42. The quantitative estimate of drug-likeness (QED) is 0.287. The van der Waals surface area contributed by atoms with E-state index in [1.54, 1.807) is 0 Å². The van der Waals surface area contributed by atoms with Crippen molar-refractivity contribution in [3.63, 3.8) is 0 Å². The lowest BCUT2D eigenvalue weighted by atomic mass is 9.62. The first-order chi connectivity index (χ1) is 14.0. The van der Waals surface area contributed by atoms with E-state index in [2.05, 4.69) is 31.0 Å². The topological polar surface area (TPSA) is 94.2 Å². The minimum absolute atomic E-state index is 0.0390. The van der Waals surface area contributed by atoms with Crippen molar-refractivity contribution in [3.05, 3.63) is 0 Å². The van der Waals surface area contributed by atoms with Gasteiger partial charge in [0.2, 0.25) is 0 Å². The molecule has 0 amide bonds. The van der Waals surface area contributed by atoms with Crippen LogP contribution in [0.5, 0.6) is 0 Å². The number of hydrogen-bond acceptors (Lipinski definition) is 8. The van der Waals surface area contributed by atoms with E-state index < -0.39 is 0 Å². The van der Waals surface area contributed by atoms with Gasteiger partial charge >= 0.3 is 17.9 Å². The van der Waals surface area contributed by atoms with Crippen molar-refractivity contribution < 1.29 is 28.6 Å². The first-order valence-corrected chi connectivity index (χ1v) is 10.7. The van der Waals surface area contributed by atoms with Crippen LogP contribution in [0.15, 0.2) is 0 Å². The van der Waals surface area contributed by atoms with Gasteiger partial charge in [-0.15, -0.1) is 0 Å². The molecule has 0 aliphatic heterocycles. The van der Waals surface area contributed by atoms with Gasteiger partial charge in [0.15, 0.2) is 0 Å². The average Bonchev–Trinajstić information content (AvgIpc) is 2.68. The fourth-order valence-corrected chi connectivity index (χ4v) is 4.80. The maximum atomic E-state index is 11.7. The highest BCUT2D eigenvalue weighted by atomic mass is 16.5. The number of methoxy groups -OCH3 is 3. The van der Waals surface area contributed by atoms with Gasteiger partial charge in [0.25, 0.3) is 0 Å². The molecule has 0 saturated heterocycles. The van der Waals surface area contributed by atoms with E-state index in [9.17, 15) is 14.4 Å². The number of rotatable bonds is 12. The van der Waals surface area contributed by atoms with Gasteiger partial charge in [-0.25, -0.2) is 0 Å². The van der Waals surface area contributed by atoms with Gasteiger partial charge < -0.3 is 19.5 Å². The zero-order valence-corrected chi connectivity index (χ0v) is 19.5. The second kappa shape index (κ2) is 12.2. The van der Waals surface area contributed by atoms with Gasteiger partial charge in [-0.3, -0.25) is 19.3 Å². The molecule has 1 saturated carbocycles. The van der Waals surface area contributed by atoms with E-state index in [0.717, 1.165) is 25.8 Å². The SMILES string of the molecule is COC(=O)CCNCC1(C)CC(N(CCC(=O)OC)CCC(=O)OC)CC(C)(C)C1. The molecule has 0 spiro atoms. The van der Waals surface area contributed by atoms with E-state index in [1.165, 1.54) is 21.3 Å². The van der Waals surface area contributed by atoms with Crippen LogP contribution in [0.3, 0.4) is 0 Å². The Kier molecular flexibility index (Phi) is 10.8. The predicted octanol–water partition coefficient (Wildman–Crippen LogP) is 2.15. The fourth-order valence-electron chi connectivity index (χ4n) is 4.80. The van der Waals surface area contributed by atoms with Gasteiger partial charge in [-0.1, -0.05) is 20.8 Å². The number of esters is 3. The van der Waals surface area contributed by atoms with Crippen LogP contribution in [-0.4, -0.2) is 76.4 Å². The molecule has 0 aromatic rings. The van der Waals surface area contributed by atoms with E-state index in [1.807, 2.05) is 0 Å². The van der Waals surface area contributed by atoms with Crippen LogP contribution in [0.4, 0.5) is 0 Å². The lowest BCUT2D eigenvalue weighted by Crippen LogP contribution is -2.51. The van der Waals surface area contributed by atoms with Crippen LogP contribution < -0.4 is 5.32 Å². The number of carbonyl (C=O) groups is 3. The summed E-state index contributed by atoms with van der Waals surface area (Å²) in [6, 6.07) is 0.246. The Morgan fingerprint density at radius 3 is 1.87 bits per heavy atom. The monoisotopic (exact) mass is 428 g/mol. The summed E-state index contributed by atoms with van der Waals surface area (Å²) in [7, 11) is 4.18. The average molecular weight is 429 g/mol. The summed E-state index contributed by atoms with van der Waals surface area (Å²) in [5, 5.41) is 3.41. The second-order valence-electron chi connectivity index (χ2n) is 9.40. The molecule has 1 aliphatic carbocycles. The van der Waals surface area contributed by atoms with Gasteiger partial charge in [0.1, 0.15) is 0 Å². The van der Waals surface area contributed by atoms with Crippen LogP contribution in [0.25, 0.3) is 0 Å². The molecule has 0 aromatic carbocycles. The van der Waals surface area contributed by atoms with Gasteiger partial charge in [-0.05, 0) is 30.1 Å². The molecule has 30 heavy (non-hydrogen) atoms. The Morgan fingerprint density at radius 1 is 0.867 bits per heavy atom. The molecule has 1 rings (SSSR count). The van der Waals surface area contributed by atoms with Crippen molar-refractivity contribution in [2.75, 3.05) is 47.5 Å². The first kappa shape index (κ1) is 26.4. The lowest BCUT2D eigenvalue weighted by Gasteiger charge is -2.50. The first-order valence-electron chi connectivity index (χ1n) is 10.7. The fraction of sp³-hybridized carbons (Fsp3) is 0.864. The maximum Gasteiger partial charge on any atom is 0.306 e. The normalized spacial score (nSPS) is 23.1. The van der Waals surface area contributed by atoms with Crippen LogP contribution in [0.1, 0.15) is 59.3 Å².